The first-order chi connectivity index (χ1) is 10.0. The molecule has 0 aromatic carbocycles. The second kappa shape index (κ2) is 6.53. The number of rotatable bonds is 6. The SMILES string of the molecule is CCN(CC(=O)O)C(=O)Cc1nc(-c2ccsc2)oc1C. The molecule has 112 valence electrons. The molecular formula is C14H16N2O4S. The van der Waals surface area contributed by atoms with Gasteiger partial charge in [-0.1, -0.05) is 0 Å². The van der Waals surface area contributed by atoms with E-state index in [9.17, 15) is 9.59 Å². The molecule has 0 saturated carbocycles. The molecule has 0 radical (unpaired) electrons. The topological polar surface area (TPSA) is 83.6 Å². The molecule has 0 bridgehead atoms. The number of amides is 1. The van der Waals surface area contributed by atoms with Gasteiger partial charge < -0.3 is 14.4 Å². The number of carbonyl (C=O) groups is 2. The number of oxazole rings is 1. The molecule has 1 amide bonds. The van der Waals surface area contributed by atoms with E-state index < -0.39 is 5.97 Å². The van der Waals surface area contributed by atoms with E-state index in [4.69, 9.17) is 9.52 Å². The molecule has 2 aromatic heterocycles. The van der Waals surface area contributed by atoms with Crippen molar-refractivity contribution < 1.29 is 19.1 Å². The van der Waals surface area contributed by atoms with Gasteiger partial charge in [0.25, 0.3) is 0 Å². The minimum absolute atomic E-state index is 0.0423. The third kappa shape index (κ3) is 3.69. The number of hydrogen-bond donors (Lipinski definition) is 1. The van der Waals surface area contributed by atoms with Gasteiger partial charge in [-0.25, -0.2) is 4.98 Å². The molecule has 2 aromatic rings. The van der Waals surface area contributed by atoms with Crippen molar-refractivity contribution in [1.29, 1.82) is 0 Å². The lowest BCUT2D eigenvalue weighted by molar-refractivity contribution is -0.144. The lowest BCUT2D eigenvalue weighted by atomic mass is 10.2. The minimum atomic E-state index is -1.03. The van der Waals surface area contributed by atoms with Gasteiger partial charge in [-0.15, -0.1) is 0 Å². The number of thiophene rings is 1. The van der Waals surface area contributed by atoms with E-state index in [1.54, 1.807) is 13.8 Å². The van der Waals surface area contributed by atoms with E-state index in [2.05, 4.69) is 4.98 Å². The molecule has 0 aliphatic rings. The van der Waals surface area contributed by atoms with Crippen LogP contribution >= 0.6 is 11.3 Å². The summed E-state index contributed by atoms with van der Waals surface area (Å²) in [5.41, 5.74) is 1.42. The Morgan fingerprint density at radius 1 is 1.48 bits per heavy atom. The van der Waals surface area contributed by atoms with Crippen LogP contribution < -0.4 is 0 Å². The van der Waals surface area contributed by atoms with Gasteiger partial charge in [0.15, 0.2) is 0 Å². The third-order valence-corrected chi connectivity index (χ3v) is 3.72. The lowest BCUT2D eigenvalue weighted by Crippen LogP contribution is -2.36. The van der Waals surface area contributed by atoms with Gasteiger partial charge >= 0.3 is 5.97 Å². The van der Waals surface area contributed by atoms with Crippen LogP contribution in [0.15, 0.2) is 21.2 Å². The fourth-order valence-corrected chi connectivity index (χ4v) is 2.53. The zero-order chi connectivity index (χ0) is 15.4. The zero-order valence-electron chi connectivity index (χ0n) is 11.8. The number of nitrogens with zero attached hydrogens (tertiary/aromatic N) is 2. The Morgan fingerprint density at radius 2 is 2.24 bits per heavy atom. The largest absolute Gasteiger partial charge is 0.480 e. The van der Waals surface area contributed by atoms with Gasteiger partial charge in [0.2, 0.25) is 11.8 Å². The molecule has 6 nitrogen and oxygen atoms in total. The second-order valence-corrected chi connectivity index (χ2v) is 5.29. The van der Waals surface area contributed by atoms with Crippen LogP contribution in [0.3, 0.4) is 0 Å². The van der Waals surface area contributed by atoms with E-state index in [1.807, 2.05) is 16.8 Å². The summed E-state index contributed by atoms with van der Waals surface area (Å²) in [6, 6.07) is 1.89. The quantitative estimate of drug-likeness (QED) is 0.884. The Bertz CT molecular complexity index is 633. The summed E-state index contributed by atoms with van der Waals surface area (Å²) in [6.45, 7) is 3.54. The van der Waals surface area contributed by atoms with Crippen LogP contribution in [-0.2, 0) is 16.0 Å². The monoisotopic (exact) mass is 308 g/mol. The first-order valence-electron chi connectivity index (χ1n) is 6.49. The Morgan fingerprint density at radius 3 is 2.81 bits per heavy atom. The summed E-state index contributed by atoms with van der Waals surface area (Å²) in [5.74, 6) is -0.233. The van der Waals surface area contributed by atoms with Crippen LogP contribution in [-0.4, -0.2) is 40.0 Å². The van der Waals surface area contributed by atoms with Crippen LogP contribution in [0.25, 0.3) is 11.5 Å². The summed E-state index contributed by atoms with van der Waals surface area (Å²) in [5, 5.41) is 12.6. The van der Waals surface area contributed by atoms with Crippen molar-refractivity contribution in [2.45, 2.75) is 20.3 Å². The Balaban J connectivity index is 2.12. The van der Waals surface area contributed by atoms with E-state index in [0.29, 0.717) is 23.9 Å². The van der Waals surface area contributed by atoms with Crippen LogP contribution in [0.4, 0.5) is 0 Å². The van der Waals surface area contributed by atoms with Crippen molar-refractivity contribution in [2.75, 3.05) is 13.1 Å². The number of carboxylic acids is 1. The Kier molecular flexibility index (Phi) is 4.74. The molecule has 1 N–H and O–H groups in total. The Hall–Kier alpha value is -2.15. The molecule has 0 aliphatic carbocycles. The first-order valence-corrected chi connectivity index (χ1v) is 7.44. The molecule has 21 heavy (non-hydrogen) atoms. The number of likely N-dealkylation sites (N-methyl/N-ethyl adjacent to an activating group) is 1. The van der Waals surface area contributed by atoms with Crippen molar-refractivity contribution in [3.8, 4) is 11.5 Å². The van der Waals surface area contributed by atoms with Crippen LogP contribution in [0.5, 0.6) is 0 Å². The molecular weight excluding hydrogens is 292 g/mol. The molecule has 2 heterocycles. The third-order valence-electron chi connectivity index (χ3n) is 3.04. The summed E-state index contributed by atoms with van der Waals surface area (Å²) in [7, 11) is 0. The molecule has 0 aliphatic heterocycles. The maximum atomic E-state index is 12.1. The fourth-order valence-electron chi connectivity index (χ4n) is 1.90. The number of aryl methyl sites for hydroxylation is 1. The van der Waals surface area contributed by atoms with Gasteiger partial charge in [0, 0.05) is 17.5 Å². The average molecular weight is 308 g/mol. The molecule has 0 spiro atoms. The van der Waals surface area contributed by atoms with Crippen molar-refractivity contribution >= 4 is 23.2 Å². The summed E-state index contributed by atoms with van der Waals surface area (Å²) in [4.78, 5) is 28.4. The highest BCUT2D eigenvalue weighted by Crippen LogP contribution is 2.24. The zero-order valence-corrected chi connectivity index (χ0v) is 12.6. The predicted molar refractivity (Wildman–Crippen MR) is 78.1 cm³/mol. The van der Waals surface area contributed by atoms with E-state index >= 15 is 0 Å². The summed E-state index contributed by atoms with van der Waals surface area (Å²) >= 11 is 1.54. The number of carboxylic acid groups (broad SMARTS) is 1. The van der Waals surface area contributed by atoms with Gasteiger partial charge in [0.05, 0.1) is 12.1 Å². The number of aliphatic carboxylic acids is 1. The normalized spacial score (nSPS) is 10.6. The minimum Gasteiger partial charge on any atom is -0.480 e. The standard InChI is InChI=1S/C14H16N2O4S/c1-3-16(7-13(18)19)12(17)6-11-9(2)20-14(15-11)10-4-5-21-8-10/h4-5,8H,3,6-7H2,1-2H3,(H,18,19). The Labute approximate surface area is 126 Å². The fraction of sp³-hybridized carbons (Fsp3) is 0.357. The van der Waals surface area contributed by atoms with Gasteiger partial charge in [-0.05, 0) is 25.3 Å². The van der Waals surface area contributed by atoms with Gasteiger partial charge in [-0.3, -0.25) is 9.59 Å². The van der Waals surface area contributed by atoms with Crippen LogP contribution in [0.1, 0.15) is 18.4 Å². The summed E-state index contributed by atoms with van der Waals surface area (Å²) < 4.78 is 5.56. The smallest absolute Gasteiger partial charge is 0.323 e. The van der Waals surface area contributed by atoms with Crippen molar-refractivity contribution in [1.82, 2.24) is 9.88 Å². The lowest BCUT2D eigenvalue weighted by Gasteiger charge is -2.17. The average Bonchev–Trinajstić information content (AvgIpc) is 3.06. The second-order valence-electron chi connectivity index (χ2n) is 4.51. The van der Waals surface area contributed by atoms with Crippen LogP contribution in [0, 0.1) is 6.92 Å². The molecule has 7 heteroatoms. The van der Waals surface area contributed by atoms with Crippen molar-refractivity contribution in [2.24, 2.45) is 0 Å². The first kappa shape index (κ1) is 15.2. The molecule has 0 atom stereocenters. The van der Waals surface area contributed by atoms with E-state index in [0.717, 1.165) is 5.56 Å². The van der Waals surface area contributed by atoms with Gasteiger partial charge in [0.1, 0.15) is 12.3 Å². The number of hydrogen-bond acceptors (Lipinski definition) is 5. The van der Waals surface area contributed by atoms with Crippen molar-refractivity contribution in [3.63, 3.8) is 0 Å². The predicted octanol–water partition coefficient (Wildman–Crippen LogP) is 2.19. The molecule has 0 saturated heterocycles. The highest BCUT2D eigenvalue weighted by atomic mass is 32.1. The maximum Gasteiger partial charge on any atom is 0.323 e. The summed E-state index contributed by atoms with van der Waals surface area (Å²) in [6.07, 6.45) is 0.0423. The highest BCUT2D eigenvalue weighted by Gasteiger charge is 2.19. The molecule has 0 unspecified atom stereocenters. The van der Waals surface area contributed by atoms with E-state index in [1.165, 1.54) is 16.2 Å². The van der Waals surface area contributed by atoms with Crippen LogP contribution in [0.2, 0.25) is 0 Å². The number of carbonyl (C=O) groups excluding carboxylic acids is 1. The molecule has 0 fully saturated rings. The highest BCUT2D eigenvalue weighted by molar-refractivity contribution is 7.08. The van der Waals surface area contributed by atoms with Gasteiger partial charge in [-0.2, -0.15) is 11.3 Å². The number of aromatic nitrogens is 1. The van der Waals surface area contributed by atoms with E-state index in [-0.39, 0.29) is 18.9 Å². The maximum absolute atomic E-state index is 12.1. The van der Waals surface area contributed by atoms with Crippen molar-refractivity contribution in [3.05, 3.63) is 28.3 Å². The molecule has 2 rings (SSSR count).